The molecule has 2 rings (SSSR count). The molecule has 1 aliphatic rings. The van der Waals surface area contributed by atoms with Crippen LogP contribution in [0.25, 0.3) is 0 Å². The molecule has 6 heteroatoms. The van der Waals surface area contributed by atoms with E-state index < -0.39 is 0 Å². The number of nitrogens with two attached hydrogens (primary N) is 1. The molecule has 1 saturated heterocycles. The van der Waals surface area contributed by atoms with Gasteiger partial charge in [-0.1, -0.05) is 0 Å². The van der Waals surface area contributed by atoms with Crippen molar-refractivity contribution >= 4 is 15.9 Å². The zero-order valence-corrected chi connectivity index (χ0v) is 11.5. The van der Waals surface area contributed by atoms with E-state index in [9.17, 15) is 0 Å². The van der Waals surface area contributed by atoms with Crippen LogP contribution >= 0.6 is 15.9 Å². The highest BCUT2D eigenvalue weighted by Crippen LogP contribution is 2.31. The maximum absolute atomic E-state index is 6.31. The van der Waals surface area contributed by atoms with Crippen molar-refractivity contribution in [3.63, 3.8) is 0 Å². The van der Waals surface area contributed by atoms with Crippen LogP contribution in [0.1, 0.15) is 18.2 Å². The number of nitrogens with zero attached hydrogens (tertiary/aromatic N) is 2. The van der Waals surface area contributed by atoms with Crippen LogP contribution in [0.5, 0.6) is 0 Å². The average Bonchev–Trinajstić information content (AvgIpc) is 2.95. The van der Waals surface area contributed by atoms with E-state index in [1.807, 2.05) is 4.68 Å². The first-order valence-electron chi connectivity index (χ1n) is 5.77. The van der Waals surface area contributed by atoms with Gasteiger partial charge in [0, 0.05) is 19.6 Å². The highest BCUT2D eigenvalue weighted by Gasteiger charge is 2.28. The van der Waals surface area contributed by atoms with Gasteiger partial charge in [-0.15, -0.1) is 0 Å². The first-order chi connectivity index (χ1) is 8.24. The number of hydrogen-bond donors (Lipinski definition) is 1. The summed E-state index contributed by atoms with van der Waals surface area (Å²) in [5, 5.41) is 4.31. The number of methoxy groups -OCH3 is 1. The van der Waals surface area contributed by atoms with Gasteiger partial charge in [0.2, 0.25) is 0 Å². The van der Waals surface area contributed by atoms with E-state index in [1.54, 1.807) is 13.3 Å². The summed E-state index contributed by atoms with van der Waals surface area (Å²) in [4.78, 5) is 0. The largest absolute Gasteiger partial charge is 0.383 e. The van der Waals surface area contributed by atoms with E-state index in [2.05, 4.69) is 21.0 Å². The second-order valence-corrected chi connectivity index (χ2v) is 5.10. The Morgan fingerprint density at radius 3 is 3.24 bits per heavy atom. The molecule has 1 fully saturated rings. The maximum Gasteiger partial charge on any atom is 0.0698 e. The SMILES string of the molecule is COCCn1ncc(Br)c1C(N)C1CCOC1. The van der Waals surface area contributed by atoms with Crippen LogP contribution in [-0.2, 0) is 16.0 Å². The van der Waals surface area contributed by atoms with E-state index in [4.69, 9.17) is 15.2 Å². The van der Waals surface area contributed by atoms with Gasteiger partial charge in [0.1, 0.15) is 0 Å². The van der Waals surface area contributed by atoms with E-state index in [0.717, 1.165) is 36.3 Å². The Morgan fingerprint density at radius 1 is 1.76 bits per heavy atom. The van der Waals surface area contributed by atoms with Crippen molar-refractivity contribution in [3.05, 3.63) is 16.4 Å². The Balaban J connectivity index is 2.14. The molecule has 1 aromatic rings. The fourth-order valence-corrected chi connectivity index (χ4v) is 2.68. The zero-order valence-electron chi connectivity index (χ0n) is 9.93. The van der Waals surface area contributed by atoms with E-state index >= 15 is 0 Å². The van der Waals surface area contributed by atoms with Gasteiger partial charge in [-0.25, -0.2) is 0 Å². The molecule has 0 bridgehead atoms. The second kappa shape index (κ2) is 5.95. The minimum atomic E-state index is -0.0359. The van der Waals surface area contributed by atoms with E-state index in [1.165, 1.54) is 0 Å². The predicted molar refractivity (Wildman–Crippen MR) is 67.7 cm³/mol. The smallest absolute Gasteiger partial charge is 0.0698 e. The molecular weight excluding hydrogens is 286 g/mol. The third-order valence-corrected chi connectivity index (χ3v) is 3.74. The molecule has 96 valence electrons. The quantitative estimate of drug-likeness (QED) is 0.891. The summed E-state index contributed by atoms with van der Waals surface area (Å²) >= 11 is 3.51. The predicted octanol–water partition coefficient (Wildman–Crippen LogP) is 1.33. The molecule has 2 N–H and O–H groups in total. The molecule has 1 aromatic heterocycles. The van der Waals surface area contributed by atoms with Crippen LogP contribution < -0.4 is 5.73 Å². The minimum Gasteiger partial charge on any atom is -0.383 e. The number of aromatic nitrogens is 2. The Bertz CT molecular complexity index is 364. The van der Waals surface area contributed by atoms with Crippen molar-refractivity contribution in [3.8, 4) is 0 Å². The summed E-state index contributed by atoms with van der Waals surface area (Å²) in [5.41, 5.74) is 7.35. The Labute approximate surface area is 109 Å². The summed E-state index contributed by atoms with van der Waals surface area (Å²) in [6.07, 6.45) is 2.81. The lowest BCUT2D eigenvalue weighted by atomic mass is 9.97. The Morgan fingerprint density at radius 2 is 2.59 bits per heavy atom. The molecule has 0 radical (unpaired) electrons. The topological polar surface area (TPSA) is 62.3 Å². The molecule has 5 nitrogen and oxygen atoms in total. The number of ether oxygens (including phenoxy) is 2. The third kappa shape index (κ3) is 2.88. The summed E-state index contributed by atoms with van der Waals surface area (Å²) in [6, 6.07) is -0.0359. The van der Waals surface area contributed by atoms with Crippen LogP contribution in [0.2, 0.25) is 0 Å². The van der Waals surface area contributed by atoms with Gasteiger partial charge < -0.3 is 15.2 Å². The zero-order chi connectivity index (χ0) is 12.3. The molecular formula is C11H18BrN3O2. The van der Waals surface area contributed by atoms with Crippen LogP contribution in [0.3, 0.4) is 0 Å². The lowest BCUT2D eigenvalue weighted by Gasteiger charge is -2.19. The van der Waals surface area contributed by atoms with Crippen molar-refractivity contribution in [1.29, 1.82) is 0 Å². The summed E-state index contributed by atoms with van der Waals surface area (Å²) < 4.78 is 13.3. The molecule has 17 heavy (non-hydrogen) atoms. The Kier molecular flexibility index (Phi) is 4.55. The average molecular weight is 304 g/mol. The molecule has 0 amide bonds. The summed E-state index contributed by atoms with van der Waals surface area (Å²) in [7, 11) is 1.68. The van der Waals surface area contributed by atoms with Crippen molar-refractivity contribution in [2.75, 3.05) is 26.9 Å². The van der Waals surface area contributed by atoms with Crippen molar-refractivity contribution < 1.29 is 9.47 Å². The van der Waals surface area contributed by atoms with Gasteiger partial charge in [0.05, 0.1) is 42.2 Å². The van der Waals surface area contributed by atoms with Gasteiger partial charge in [-0.3, -0.25) is 4.68 Å². The monoisotopic (exact) mass is 303 g/mol. The van der Waals surface area contributed by atoms with Crippen molar-refractivity contribution in [1.82, 2.24) is 9.78 Å². The third-order valence-electron chi connectivity index (χ3n) is 3.13. The molecule has 0 aromatic carbocycles. The fraction of sp³-hybridized carbons (Fsp3) is 0.727. The summed E-state index contributed by atoms with van der Waals surface area (Å²) in [6.45, 7) is 2.90. The lowest BCUT2D eigenvalue weighted by molar-refractivity contribution is 0.174. The highest BCUT2D eigenvalue weighted by molar-refractivity contribution is 9.10. The first kappa shape index (κ1) is 13.0. The number of halogens is 1. The van der Waals surface area contributed by atoms with E-state index in [0.29, 0.717) is 12.5 Å². The van der Waals surface area contributed by atoms with Crippen LogP contribution in [0.15, 0.2) is 10.7 Å². The molecule has 1 aliphatic heterocycles. The van der Waals surface area contributed by atoms with Crippen LogP contribution in [-0.4, -0.2) is 36.7 Å². The molecule has 0 spiro atoms. The van der Waals surface area contributed by atoms with Crippen molar-refractivity contribution in [2.45, 2.75) is 19.0 Å². The van der Waals surface area contributed by atoms with Crippen LogP contribution in [0.4, 0.5) is 0 Å². The fourth-order valence-electron chi connectivity index (χ4n) is 2.12. The molecule has 2 unspecified atom stereocenters. The normalized spacial score (nSPS) is 21.9. The molecule has 2 heterocycles. The lowest BCUT2D eigenvalue weighted by Crippen LogP contribution is -2.26. The van der Waals surface area contributed by atoms with Gasteiger partial charge in [-0.05, 0) is 22.4 Å². The van der Waals surface area contributed by atoms with Gasteiger partial charge in [-0.2, -0.15) is 5.10 Å². The van der Waals surface area contributed by atoms with Crippen LogP contribution in [0, 0.1) is 5.92 Å². The second-order valence-electron chi connectivity index (χ2n) is 4.24. The number of rotatable bonds is 5. The highest BCUT2D eigenvalue weighted by atomic mass is 79.9. The summed E-state index contributed by atoms with van der Waals surface area (Å²) in [5.74, 6) is 0.379. The molecule has 0 aliphatic carbocycles. The van der Waals surface area contributed by atoms with E-state index in [-0.39, 0.29) is 6.04 Å². The minimum absolute atomic E-state index is 0.0359. The van der Waals surface area contributed by atoms with Gasteiger partial charge >= 0.3 is 0 Å². The Hall–Kier alpha value is -0.430. The maximum atomic E-state index is 6.31. The number of hydrogen-bond acceptors (Lipinski definition) is 4. The van der Waals surface area contributed by atoms with Gasteiger partial charge in [0.15, 0.2) is 0 Å². The molecule has 2 atom stereocenters. The molecule has 0 saturated carbocycles. The first-order valence-corrected chi connectivity index (χ1v) is 6.56. The van der Waals surface area contributed by atoms with Crippen molar-refractivity contribution in [2.24, 2.45) is 11.7 Å². The van der Waals surface area contributed by atoms with Gasteiger partial charge in [0.25, 0.3) is 0 Å². The standard InChI is InChI=1S/C11H18BrN3O2/c1-16-5-3-15-11(9(12)6-14-15)10(13)8-2-4-17-7-8/h6,8,10H,2-5,7,13H2,1H3.